The molecule has 0 heterocycles. The average molecular weight is 408 g/mol. The van der Waals surface area contributed by atoms with Crippen LogP contribution in [0.3, 0.4) is 0 Å². The molecule has 0 bridgehead atoms. The quantitative estimate of drug-likeness (QED) is 0.554. The van der Waals surface area contributed by atoms with Gasteiger partial charge in [-0.15, -0.1) is 11.8 Å². The van der Waals surface area contributed by atoms with Crippen LogP contribution in [-0.4, -0.2) is 51.0 Å². The second-order valence-electron chi connectivity index (χ2n) is 5.77. The molecule has 0 fully saturated rings. The van der Waals surface area contributed by atoms with Crippen LogP contribution in [0.5, 0.6) is 5.75 Å². The summed E-state index contributed by atoms with van der Waals surface area (Å²) >= 11 is 13.3. The fourth-order valence-electron chi connectivity index (χ4n) is 2.15. The predicted molar refractivity (Wildman–Crippen MR) is 99.8 cm³/mol. The number of ether oxygens (including phenoxy) is 1. The lowest BCUT2D eigenvalue weighted by molar-refractivity contribution is -0.113. The van der Waals surface area contributed by atoms with Gasteiger partial charge in [0.2, 0.25) is 5.91 Å². The Morgan fingerprint density at radius 1 is 1.28 bits per heavy atom. The number of hydrogen-bond acceptors (Lipinski definition) is 6. The molecule has 6 nitrogen and oxygen atoms in total. The summed E-state index contributed by atoms with van der Waals surface area (Å²) in [6.45, 7) is 3.71. The summed E-state index contributed by atoms with van der Waals surface area (Å²) in [6, 6.07) is 3.06. The summed E-state index contributed by atoms with van der Waals surface area (Å²) < 4.78 is 5.56. The number of aliphatic hydroxyl groups is 3. The Hall–Kier alpha value is -1.12. The Kier molecular flexibility index (Phi) is 6.87. The molecule has 2 rings (SSSR count). The van der Waals surface area contributed by atoms with E-state index in [9.17, 15) is 20.1 Å². The van der Waals surface area contributed by atoms with E-state index >= 15 is 0 Å². The van der Waals surface area contributed by atoms with Crippen LogP contribution < -0.4 is 10.1 Å². The standard InChI is InChI=1S/C16H19Cl2NO5S/c1-7(2)24-12-4-11(9(17)3-10(12)18)19-13(20)6-25-5-8-14(21)16(23)15(8)22/h3-4,7,14,16,21-23H,5-6H2,1-2H3,(H,19,20). The molecule has 1 aliphatic carbocycles. The van der Waals surface area contributed by atoms with Crippen molar-refractivity contribution in [3.05, 3.63) is 33.5 Å². The van der Waals surface area contributed by atoms with Crippen LogP contribution in [0, 0.1) is 0 Å². The summed E-state index contributed by atoms with van der Waals surface area (Å²) in [5, 5.41) is 31.4. The highest BCUT2D eigenvalue weighted by molar-refractivity contribution is 8.00. The summed E-state index contributed by atoms with van der Waals surface area (Å²) in [6.07, 6.45) is -2.38. The van der Waals surface area contributed by atoms with Crippen LogP contribution in [0.2, 0.25) is 10.0 Å². The lowest BCUT2D eigenvalue weighted by Crippen LogP contribution is -2.42. The van der Waals surface area contributed by atoms with E-state index in [4.69, 9.17) is 27.9 Å². The van der Waals surface area contributed by atoms with Crippen LogP contribution >= 0.6 is 35.0 Å². The summed E-state index contributed by atoms with van der Waals surface area (Å²) in [5.74, 6) is 0.216. The van der Waals surface area contributed by atoms with Crippen molar-refractivity contribution < 1.29 is 24.9 Å². The van der Waals surface area contributed by atoms with E-state index in [0.29, 0.717) is 22.0 Å². The number of halogens is 2. The van der Waals surface area contributed by atoms with Crippen molar-refractivity contribution in [3.8, 4) is 5.75 Å². The predicted octanol–water partition coefficient (Wildman–Crippen LogP) is 3.00. The molecule has 9 heteroatoms. The topological polar surface area (TPSA) is 99.0 Å². The second-order valence-corrected chi connectivity index (χ2v) is 7.57. The molecular weight excluding hydrogens is 389 g/mol. The van der Waals surface area contributed by atoms with Gasteiger partial charge in [0, 0.05) is 17.4 Å². The minimum Gasteiger partial charge on any atom is -0.509 e. The van der Waals surface area contributed by atoms with Gasteiger partial charge in [-0.05, 0) is 19.9 Å². The van der Waals surface area contributed by atoms with Gasteiger partial charge >= 0.3 is 0 Å². The van der Waals surface area contributed by atoms with E-state index in [0.717, 1.165) is 0 Å². The molecule has 0 aliphatic heterocycles. The van der Waals surface area contributed by atoms with E-state index in [-0.39, 0.29) is 34.3 Å². The number of nitrogens with one attached hydrogen (secondary N) is 1. The first-order chi connectivity index (χ1) is 11.7. The lowest BCUT2D eigenvalue weighted by Gasteiger charge is -2.31. The van der Waals surface area contributed by atoms with E-state index in [1.807, 2.05) is 13.8 Å². The highest BCUT2D eigenvalue weighted by atomic mass is 35.5. The zero-order valence-electron chi connectivity index (χ0n) is 13.6. The van der Waals surface area contributed by atoms with E-state index in [1.54, 1.807) is 6.07 Å². The molecule has 4 N–H and O–H groups in total. The highest BCUT2D eigenvalue weighted by Crippen LogP contribution is 2.35. The van der Waals surface area contributed by atoms with Crippen LogP contribution in [0.4, 0.5) is 5.69 Å². The van der Waals surface area contributed by atoms with Crippen molar-refractivity contribution in [2.24, 2.45) is 0 Å². The zero-order chi connectivity index (χ0) is 18.7. The number of rotatable bonds is 7. The third-order valence-electron chi connectivity index (χ3n) is 3.41. The van der Waals surface area contributed by atoms with Crippen molar-refractivity contribution >= 4 is 46.6 Å². The van der Waals surface area contributed by atoms with Crippen molar-refractivity contribution in [2.75, 3.05) is 16.8 Å². The van der Waals surface area contributed by atoms with Crippen LogP contribution in [0.15, 0.2) is 23.5 Å². The normalized spacial score (nSPS) is 19.8. The van der Waals surface area contributed by atoms with Gasteiger partial charge in [-0.25, -0.2) is 0 Å². The van der Waals surface area contributed by atoms with Gasteiger partial charge in [0.1, 0.15) is 23.7 Å². The molecular formula is C16H19Cl2NO5S. The maximum atomic E-state index is 12.0. The summed E-state index contributed by atoms with van der Waals surface area (Å²) in [4.78, 5) is 12.0. The van der Waals surface area contributed by atoms with Gasteiger partial charge in [-0.2, -0.15) is 0 Å². The fraction of sp³-hybridized carbons (Fsp3) is 0.438. The Bertz CT molecular complexity index is 695. The minimum atomic E-state index is -1.23. The Morgan fingerprint density at radius 3 is 2.56 bits per heavy atom. The van der Waals surface area contributed by atoms with Gasteiger partial charge in [0.15, 0.2) is 0 Å². The number of benzene rings is 1. The zero-order valence-corrected chi connectivity index (χ0v) is 16.0. The number of amides is 1. The molecule has 1 aromatic carbocycles. The number of thioether (sulfide) groups is 1. The largest absolute Gasteiger partial charge is 0.509 e. The van der Waals surface area contributed by atoms with Crippen LogP contribution in [0.25, 0.3) is 0 Å². The van der Waals surface area contributed by atoms with Gasteiger partial charge < -0.3 is 25.4 Å². The molecule has 0 aromatic heterocycles. The number of carbonyl (C=O) groups excluding carboxylic acids is 1. The first kappa shape index (κ1) is 20.2. The molecule has 25 heavy (non-hydrogen) atoms. The first-order valence-corrected chi connectivity index (χ1v) is 9.43. The Morgan fingerprint density at radius 2 is 1.96 bits per heavy atom. The van der Waals surface area contributed by atoms with E-state index in [2.05, 4.69) is 5.32 Å². The lowest BCUT2D eigenvalue weighted by atomic mass is 9.91. The summed E-state index contributed by atoms with van der Waals surface area (Å²) in [7, 11) is 0. The van der Waals surface area contributed by atoms with Gasteiger partial charge in [0.05, 0.1) is 27.6 Å². The molecule has 1 amide bonds. The van der Waals surface area contributed by atoms with Crippen molar-refractivity contribution in [1.82, 2.24) is 0 Å². The maximum Gasteiger partial charge on any atom is 0.234 e. The van der Waals surface area contributed by atoms with Gasteiger partial charge in [-0.1, -0.05) is 23.2 Å². The molecule has 0 spiro atoms. The molecule has 0 saturated heterocycles. The highest BCUT2D eigenvalue weighted by Gasteiger charge is 2.37. The number of hydrogen-bond donors (Lipinski definition) is 4. The molecule has 0 radical (unpaired) electrons. The second kappa shape index (κ2) is 8.51. The molecule has 1 aromatic rings. The maximum absolute atomic E-state index is 12.0. The number of aliphatic hydroxyl groups excluding tert-OH is 3. The van der Waals surface area contributed by atoms with Gasteiger partial charge in [-0.3, -0.25) is 4.79 Å². The average Bonchev–Trinajstić information content (AvgIpc) is 2.54. The molecule has 138 valence electrons. The van der Waals surface area contributed by atoms with E-state index < -0.39 is 12.2 Å². The Balaban J connectivity index is 1.92. The fourth-order valence-corrected chi connectivity index (χ4v) is 3.53. The molecule has 1 aliphatic rings. The van der Waals surface area contributed by atoms with Crippen LogP contribution in [0.1, 0.15) is 13.8 Å². The first-order valence-electron chi connectivity index (χ1n) is 7.52. The molecule has 0 saturated carbocycles. The summed E-state index contributed by atoms with van der Waals surface area (Å²) in [5.41, 5.74) is 0.718. The SMILES string of the molecule is CC(C)Oc1cc(NC(=O)CSCC2=C(O)C(O)C2O)c(Cl)cc1Cl. The van der Waals surface area contributed by atoms with Crippen molar-refractivity contribution in [1.29, 1.82) is 0 Å². The van der Waals surface area contributed by atoms with Crippen molar-refractivity contribution in [3.63, 3.8) is 0 Å². The van der Waals surface area contributed by atoms with Crippen LogP contribution in [-0.2, 0) is 4.79 Å². The monoisotopic (exact) mass is 407 g/mol. The third-order valence-corrected chi connectivity index (χ3v) is 5.00. The minimum absolute atomic E-state index is 0.0806. The van der Waals surface area contributed by atoms with E-state index in [1.165, 1.54) is 17.8 Å². The van der Waals surface area contributed by atoms with Gasteiger partial charge in [0.25, 0.3) is 0 Å². The number of anilines is 1. The van der Waals surface area contributed by atoms with Crippen molar-refractivity contribution in [2.45, 2.75) is 32.2 Å². The molecule has 2 unspecified atom stereocenters. The third kappa shape index (κ3) is 4.95. The number of carbonyl (C=O) groups is 1. The Labute approximate surface area is 159 Å². The molecule has 2 atom stereocenters. The smallest absolute Gasteiger partial charge is 0.234 e.